The number of carbonyl (C=O) groups excluding carboxylic acids is 3. The third kappa shape index (κ3) is 5.80. The fourth-order valence-corrected chi connectivity index (χ4v) is 6.31. The lowest BCUT2D eigenvalue weighted by atomic mass is 10.0. The van der Waals surface area contributed by atoms with E-state index in [1.54, 1.807) is 26.2 Å². The number of nitrogens with zero attached hydrogens (tertiary/aromatic N) is 2. The van der Waals surface area contributed by atoms with E-state index in [0.29, 0.717) is 27.1 Å². The molecule has 2 aromatic heterocycles. The molecule has 0 bridgehead atoms. The summed E-state index contributed by atoms with van der Waals surface area (Å²) in [5.74, 6) is -0.402. The Kier molecular flexibility index (Phi) is 7.94. The van der Waals surface area contributed by atoms with Crippen molar-refractivity contribution in [1.82, 2.24) is 20.4 Å². The molecule has 3 atom stereocenters. The van der Waals surface area contributed by atoms with Crippen molar-refractivity contribution in [2.75, 3.05) is 40.8 Å². The summed E-state index contributed by atoms with van der Waals surface area (Å²) in [5, 5.41) is 6.27. The molecular weight excluding hydrogens is 496 g/mol. The van der Waals surface area contributed by atoms with Crippen LogP contribution in [0.3, 0.4) is 0 Å². The Balaban J connectivity index is 1.48. The standard InChI is InChI=1S/C23H29ClN4O4S2/c1-27(2)23(31)32-21(20(29)18-10-13-6-8-28(3)9-7-16(13)33-18)15-11-14(12-25-15)26-22(30)17-4-5-19(24)34-17/h4-5,10,14-15,21,25H,6-9,11-12H2,1-3H3,(H,26,30). The van der Waals surface area contributed by atoms with Gasteiger partial charge in [-0.1, -0.05) is 11.6 Å². The molecule has 3 unspecified atom stereocenters. The minimum absolute atomic E-state index is 0.192. The number of fused-ring (bicyclic) bond motifs is 1. The lowest BCUT2D eigenvalue weighted by molar-refractivity contribution is 0.0450. The predicted molar refractivity (Wildman–Crippen MR) is 135 cm³/mol. The number of carbonyl (C=O) groups is 3. The van der Waals surface area contributed by atoms with E-state index >= 15 is 0 Å². The Bertz CT molecular complexity index is 1040. The number of likely N-dealkylation sites (N-methyl/N-ethyl adjacent to an activating group) is 1. The molecule has 2 N–H and O–H groups in total. The van der Waals surface area contributed by atoms with Gasteiger partial charge >= 0.3 is 6.09 Å². The average Bonchev–Trinajstić information content (AvgIpc) is 3.51. The number of nitrogens with one attached hydrogen (secondary N) is 2. The highest BCUT2D eigenvalue weighted by Crippen LogP contribution is 2.29. The van der Waals surface area contributed by atoms with Crippen LogP contribution < -0.4 is 10.6 Å². The molecule has 184 valence electrons. The summed E-state index contributed by atoms with van der Waals surface area (Å²) < 4.78 is 6.22. The van der Waals surface area contributed by atoms with Crippen molar-refractivity contribution >= 4 is 52.1 Å². The summed E-state index contributed by atoms with van der Waals surface area (Å²) in [6.45, 7) is 2.39. The highest BCUT2D eigenvalue weighted by molar-refractivity contribution is 7.18. The molecule has 0 saturated carbocycles. The normalized spacial score (nSPS) is 21.4. The summed E-state index contributed by atoms with van der Waals surface area (Å²) in [7, 11) is 5.28. The third-order valence-electron chi connectivity index (χ3n) is 6.14. The van der Waals surface area contributed by atoms with Crippen molar-refractivity contribution in [2.24, 2.45) is 0 Å². The van der Waals surface area contributed by atoms with Crippen LogP contribution in [0.1, 0.15) is 36.2 Å². The monoisotopic (exact) mass is 524 g/mol. The molecule has 0 radical (unpaired) electrons. The maximum atomic E-state index is 13.6. The number of ether oxygens (including phenoxy) is 1. The van der Waals surface area contributed by atoms with Crippen molar-refractivity contribution < 1.29 is 19.1 Å². The first kappa shape index (κ1) is 25.1. The maximum Gasteiger partial charge on any atom is 0.410 e. The van der Waals surface area contributed by atoms with E-state index in [1.165, 1.54) is 38.0 Å². The number of halogens is 1. The van der Waals surface area contributed by atoms with Crippen LogP contribution in [-0.2, 0) is 17.6 Å². The average molecular weight is 525 g/mol. The Morgan fingerprint density at radius 1 is 1.21 bits per heavy atom. The van der Waals surface area contributed by atoms with E-state index in [2.05, 4.69) is 22.6 Å². The first-order valence-corrected chi connectivity index (χ1v) is 13.2. The molecule has 0 aromatic carbocycles. The van der Waals surface area contributed by atoms with E-state index in [0.717, 1.165) is 25.9 Å². The lowest BCUT2D eigenvalue weighted by Gasteiger charge is -2.24. The quantitative estimate of drug-likeness (QED) is 0.565. The molecule has 2 amide bonds. The molecule has 1 saturated heterocycles. The second-order valence-electron chi connectivity index (χ2n) is 8.95. The van der Waals surface area contributed by atoms with E-state index in [1.807, 2.05) is 6.07 Å². The molecule has 11 heteroatoms. The SMILES string of the molecule is CN1CCc2cc(C(=O)C(OC(=O)N(C)C)C3CC(NC(=O)c4ccc(Cl)s4)CN3)sc2CC1. The van der Waals surface area contributed by atoms with Crippen LogP contribution in [-0.4, -0.2) is 86.5 Å². The summed E-state index contributed by atoms with van der Waals surface area (Å²) in [4.78, 5) is 44.5. The highest BCUT2D eigenvalue weighted by Gasteiger charge is 2.39. The number of rotatable bonds is 6. The van der Waals surface area contributed by atoms with Gasteiger partial charge in [0.15, 0.2) is 6.10 Å². The first-order valence-electron chi connectivity index (χ1n) is 11.2. The van der Waals surface area contributed by atoms with Crippen LogP contribution in [0.15, 0.2) is 18.2 Å². The maximum absolute atomic E-state index is 13.6. The van der Waals surface area contributed by atoms with Crippen molar-refractivity contribution in [3.63, 3.8) is 0 Å². The molecule has 34 heavy (non-hydrogen) atoms. The Hall–Kier alpha value is -1.98. The molecule has 1 fully saturated rings. The fraction of sp³-hybridized carbons (Fsp3) is 0.522. The smallest absolute Gasteiger partial charge is 0.410 e. The van der Waals surface area contributed by atoms with Gasteiger partial charge in [0.2, 0.25) is 5.78 Å². The predicted octanol–water partition coefficient (Wildman–Crippen LogP) is 2.90. The number of ketones is 1. The number of thiophene rings is 2. The fourth-order valence-electron chi connectivity index (χ4n) is 4.20. The second kappa shape index (κ2) is 10.7. The number of hydrogen-bond acceptors (Lipinski definition) is 8. The van der Waals surface area contributed by atoms with Crippen LogP contribution in [0.25, 0.3) is 0 Å². The molecule has 0 spiro atoms. The summed E-state index contributed by atoms with van der Waals surface area (Å²) >= 11 is 8.66. The first-order chi connectivity index (χ1) is 16.2. The largest absolute Gasteiger partial charge is 0.436 e. The van der Waals surface area contributed by atoms with Crippen LogP contribution in [0.4, 0.5) is 4.79 Å². The molecule has 4 rings (SSSR count). The molecule has 2 aliphatic rings. The van der Waals surface area contributed by atoms with Gasteiger partial charge in [-0.15, -0.1) is 22.7 Å². The van der Waals surface area contributed by atoms with Gasteiger partial charge < -0.3 is 25.2 Å². The summed E-state index contributed by atoms with van der Waals surface area (Å²) in [6, 6.07) is 4.75. The zero-order chi connectivity index (χ0) is 24.4. The minimum atomic E-state index is -0.974. The molecule has 2 aromatic rings. The second-order valence-corrected chi connectivity index (χ2v) is 11.8. The van der Waals surface area contributed by atoms with Crippen molar-refractivity contribution in [3.05, 3.63) is 42.7 Å². The lowest BCUT2D eigenvalue weighted by Crippen LogP contribution is -2.45. The molecule has 2 aliphatic heterocycles. The van der Waals surface area contributed by atoms with Gasteiger partial charge in [-0.3, -0.25) is 9.59 Å². The van der Waals surface area contributed by atoms with Gasteiger partial charge in [0.1, 0.15) is 0 Å². The summed E-state index contributed by atoms with van der Waals surface area (Å²) in [6.07, 6.45) is 0.741. The van der Waals surface area contributed by atoms with Crippen molar-refractivity contribution in [2.45, 2.75) is 37.5 Å². The Labute approximate surface area is 212 Å². The van der Waals surface area contributed by atoms with Gasteiger partial charge in [0.05, 0.1) is 20.1 Å². The Morgan fingerprint density at radius 2 is 1.97 bits per heavy atom. The zero-order valence-electron chi connectivity index (χ0n) is 19.4. The van der Waals surface area contributed by atoms with Crippen LogP contribution in [0.5, 0.6) is 0 Å². The van der Waals surface area contributed by atoms with Crippen LogP contribution in [0.2, 0.25) is 4.34 Å². The van der Waals surface area contributed by atoms with E-state index in [4.69, 9.17) is 16.3 Å². The van der Waals surface area contributed by atoms with Crippen LogP contribution >= 0.6 is 34.3 Å². The van der Waals surface area contributed by atoms with Gasteiger partial charge in [0.25, 0.3) is 5.91 Å². The Morgan fingerprint density at radius 3 is 2.68 bits per heavy atom. The van der Waals surface area contributed by atoms with E-state index < -0.39 is 18.2 Å². The van der Waals surface area contributed by atoms with Crippen molar-refractivity contribution in [1.29, 1.82) is 0 Å². The summed E-state index contributed by atoms with van der Waals surface area (Å²) in [5.41, 5.74) is 1.20. The van der Waals surface area contributed by atoms with Gasteiger partial charge in [-0.25, -0.2) is 4.79 Å². The topological polar surface area (TPSA) is 91.0 Å². The number of amides is 2. The van der Waals surface area contributed by atoms with Crippen LogP contribution in [0, 0.1) is 0 Å². The minimum Gasteiger partial charge on any atom is -0.436 e. The molecular formula is C23H29ClN4O4S2. The van der Waals surface area contributed by atoms with E-state index in [-0.39, 0.29) is 17.7 Å². The van der Waals surface area contributed by atoms with Crippen molar-refractivity contribution in [3.8, 4) is 0 Å². The van der Waals surface area contributed by atoms with Gasteiger partial charge in [-0.2, -0.15) is 0 Å². The zero-order valence-corrected chi connectivity index (χ0v) is 21.8. The van der Waals surface area contributed by atoms with Gasteiger partial charge in [0, 0.05) is 44.6 Å². The van der Waals surface area contributed by atoms with Gasteiger partial charge in [-0.05, 0) is 50.1 Å². The number of Topliss-reactive ketones (excluding diaryl/α,β-unsaturated/α-hetero) is 1. The molecule has 4 heterocycles. The third-order valence-corrected chi connectivity index (χ3v) is 8.62. The molecule has 0 aliphatic carbocycles. The van der Waals surface area contributed by atoms with E-state index in [9.17, 15) is 14.4 Å². The highest BCUT2D eigenvalue weighted by atomic mass is 35.5. The number of hydrogen-bond donors (Lipinski definition) is 2. The molecule has 8 nitrogen and oxygen atoms in total.